The Labute approximate surface area is 148 Å². The van der Waals surface area contributed by atoms with Crippen molar-refractivity contribution < 1.29 is 10.3 Å². The van der Waals surface area contributed by atoms with Crippen molar-refractivity contribution in [1.29, 1.82) is 0 Å². The fourth-order valence-electron chi connectivity index (χ4n) is 3.42. The van der Waals surface area contributed by atoms with Crippen LogP contribution in [0.25, 0.3) is 16.7 Å². The molecule has 1 fully saturated rings. The first-order chi connectivity index (χ1) is 11.9. The molecule has 1 saturated carbocycles. The minimum Gasteiger partial charge on any atom is -0.508 e. The number of allylic oxidation sites excluding steroid dienone is 2. The zero-order valence-electron chi connectivity index (χ0n) is 15.2. The largest absolute Gasteiger partial charge is 0.508 e. The van der Waals surface area contributed by atoms with Crippen LogP contribution in [-0.4, -0.2) is 20.7 Å². The first-order valence-electron chi connectivity index (χ1n) is 8.51. The highest BCUT2D eigenvalue weighted by atomic mass is 16.4. The number of amidine groups is 1. The number of nitrogens with zero attached hydrogens (tertiary/aromatic N) is 2. The molecule has 0 unspecified atom stereocenters. The minimum atomic E-state index is 0.116. The molecule has 1 heterocycles. The van der Waals surface area contributed by atoms with Crippen molar-refractivity contribution in [1.82, 2.24) is 4.57 Å². The van der Waals surface area contributed by atoms with Crippen molar-refractivity contribution in [2.75, 3.05) is 0 Å². The van der Waals surface area contributed by atoms with Gasteiger partial charge in [0.1, 0.15) is 5.75 Å². The molecule has 1 aromatic heterocycles. The van der Waals surface area contributed by atoms with E-state index in [9.17, 15) is 10.3 Å². The molecule has 0 spiro atoms. The second-order valence-corrected chi connectivity index (χ2v) is 6.97. The first-order valence-corrected chi connectivity index (χ1v) is 8.51. The molecule has 1 aromatic carbocycles. The number of aromatic hydroxyl groups is 1. The molecule has 0 bridgehead atoms. The summed E-state index contributed by atoms with van der Waals surface area (Å²) in [6.45, 7) is 6.20. The van der Waals surface area contributed by atoms with Crippen molar-refractivity contribution in [3.05, 3.63) is 46.8 Å². The SMILES string of the molecule is CC(C)=C(C)c1c(-c2ccc(O)cc2)c(C2CC2)n(C)c1C(N)=NO. The normalized spacial score (nSPS) is 14.6. The number of oxime groups is 1. The highest BCUT2D eigenvalue weighted by molar-refractivity contribution is 6.04. The molecule has 0 saturated heterocycles. The Balaban J connectivity index is 2.42. The Morgan fingerprint density at radius 2 is 1.76 bits per heavy atom. The van der Waals surface area contributed by atoms with Crippen molar-refractivity contribution in [2.24, 2.45) is 17.9 Å². The summed E-state index contributed by atoms with van der Waals surface area (Å²) in [6.07, 6.45) is 2.29. The molecule has 0 amide bonds. The fourth-order valence-corrected chi connectivity index (χ4v) is 3.42. The average molecular weight is 339 g/mol. The van der Waals surface area contributed by atoms with Crippen molar-refractivity contribution in [3.8, 4) is 16.9 Å². The van der Waals surface area contributed by atoms with Gasteiger partial charge in [-0.25, -0.2) is 0 Å². The lowest BCUT2D eigenvalue weighted by Crippen LogP contribution is -2.19. The van der Waals surface area contributed by atoms with Gasteiger partial charge in [0.15, 0.2) is 5.84 Å². The van der Waals surface area contributed by atoms with Gasteiger partial charge >= 0.3 is 0 Å². The minimum absolute atomic E-state index is 0.116. The van der Waals surface area contributed by atoms with Crippen molar-refractivity contribution >= 4 is 11.4 Å². The predicted molar refractivity (Wildman–Crippen MR) is 101 cm³/mol. The average Bonchev–Trinajstić information content (AvgIpc) is 3.37. The van der Waals surface area contributed by atoms with Gasteiger partial charge in [0.25, 0.3) is 0 Å². The number of rotatable bonds is 4. The van der Waals surface area contributed by atoms with Gasteiger partial charge in [-0.05, 0) is 62.8 Å². The number of hydrogen-bond donors (Lipinski definition) is 3. The Morgan fingerprint density at radius 3 is 2.24 bits per heavy atom. The standard InChI is InChI=1S/C20H25N3O2/c1-11(2)12(3)16-17(13-7-9-15(24)10-8-13)18(14-5-6-14)23(4)19(16)20(21)22-25/h7-10,14,24-25H,5-6H2,1-4H3,(H2,21,22). The molecule has 5 nitrogen and oxygen atoms in total. The summed E-state index contributed by atoms with van der Waals surface area (Å²) >= 11 is 0. The summed E-state index contributed by atoms with van der Waals surface area (Å²) in [5, 5.41) is 22.3. The maximum atomic E-state index is 9.66. The lowest BCUT2D eigenvalue weighted by atomic mass is 9.92. The molecule has 0 radical (unpaired) electrons. The zero-order valence-corrected chi connectivity index (χ0v) is 15.2. The van der Waals surface area contributed by atoms with E-state index < -0.39 is 0 Å². The second-order valence-electron chi connectivity index (χ2n) is 6.97. The number of aromatic nitrogens is 1. The fraction of sp³-hybridized carbons (Fsp3) is 0.350. The van der Waals surface area contributed by atoms with Crippen LogP contribution in [0.1, 0.15) is 56.5 Å². The van der Waals surface area contributed by atoms with Crippen LogP contribution in [-0.2, 0) is 7.05 Å². The van der Waals surface area contributed by atoms with E-state index in [1.54, 1.807) is 12.1 Å². The summed E-state index contributed by atoms with van der Waals surface area (Å²) in [6, 6.07) is 7.25. The van der Waals surface area contributed by atoms with Gasteiger partial charge in [-0.2, -0.15) is 0 Å². The molecular weight excluding hydrogens is 314 g/mol. The second kappa shape index (κ2) is 6.31. The van der Waals surface area contributed by atoms with E-state index in [4.69, 9.17) is 5.73 Å². The van der Waals surface area contributed by atoms with Gasteiger partial charge < -0.3 is 20.6 Å². The van der Waals surface area contributed by atoms with Crippen molar-refractivity contribution in [3.63, 3.8) is 0 Å². The lowest BCUT2D eigenvalue weighted by Gasteiger charge is -2.11. The van der Waals surface area contributed by atoms with E-state index in [2.05, 4.69) is 30.5 Å². The molecule has 1 aliphatic carbocycles. The summed E-state index contributed by atoms with van der Waals surface area (Å²) < 4.78 is 2.07. The maximum absolute atomic E-state index is 9.66. The van der Waals surface area contributed by atoms with Gasteiger partial charge in [-0.1, -0.05) is 22.9 Å². The van der Waals surface area contributed by atoms with Gasteiger partial charge in [0.2, 0.25) is 0 Å². The van der Waals surface area contributed by atoms with Gasteiger partial charge in [0.05, 0.1) is 5.69 Å². The van der Waals surface area contributed by atoms with E-state index >= 15 is 0 Å². The molecule has 132 valence electrons. The van der Waals surface area contributed by atoms with Gasteiger partial charge in [-0.3, -0.25) is 0 Å². The maximum Gasteiger partial charge on any atom is 0.187 e. The molecule has 4 N–H and O–H groups in total. The molecule has 25 heavy (non-hydrogen) atoms. The number of phenols is 1. The summed E-state index contributed by atoms with van der Waals surface area (Å²) in [7, 11) is 1.98. The van der Waals surface area contributed by atoms with E-state index in [0.717, 1.165) is 40.8 Å². The molecule has 5 heteroatoms. The molecule has 1 aliphatic rings. The summed E-state index contributed by atoms with van der Waals surface area (Å²) in [4.78, 5) is 0. The van der Waals surface area contributed by atoms with Crippen LogP contribution in [0.3, 0.4) is 0 Å². The third-order valence-electron chi connectivity index (χ3n) is 5.04. The van der Waals surface area contributed by atoms with E-state index in [0.29, 0.717) is 5.92 Å². The number of hydrogen-bond acceptors (Lipinski definition) is 3. The molecule has 2 aromatic rings. The first kappa shape index (κ1) is 17.1. The van der Waals surface area contributed by atoms with Crippen LogP contribution in [0, 0.1) is 0 Å². The van der Waals surface area contributed by atoms with Crippen LogP contribution in [0.2, 0.25) is 0 Å². The third kappa shape index (κ3) is 2.90. The molecule has 0 atom stereocenters. The van der Waals surface area contributed by atoms with Gasteiger partial charge in [-0.15, -0.1) is 0 Å². The lowest BCUT2D eigenvalue weighted by molar-refractivity contribution is 0.318. The Bertz CT molecular complexity index is 865. The smallest absolute Gasteiger partial charge is 0.187 e. The van der Waals surface area contributed by atoms with Crippen LogP contribution < -0.4 is 5.73 Å². The highest BCUT2D eigenvalue weighted by Crippen LogP contribution is 2.49. The molecular formula is C20H25N3O2. The zero-order chi connectivity index (χ0) is 18.3. The quantitative estimate of drug-likeness (QED) is 0.338. The Hall–Kier alpha value is -2.69. The molecule has 3 rings (SSSR count). The number of phenolic OH excluding ortho intramolecular Hbond substituents is 1. The summed E-state index contributed by atoms with van der Waals surface area (Å²) in [5.74, 6) is 0.840. The van der Waals surface area contributed by atoms with Crippen molar-refractivity contribution in [2.45, 2.75) is 39.5 Å². The highest BCUT2D eigenvalue weighted by Gasteiger charge is 2.34. The van der Waals surface area contributed by atoms with E-state index in [1.807, 2.05) is 19.2 Å². The summed E-state index contributed by atoms with van der Waals surface area (Å²) in [5.41, 5.74) is 13.5. The van der Waals surface area contributed by atoms with E-state index in [-0.39, 0.29) is 11.6 Å². The Kier molecular flexibility index (Phi) is 4.33. The Morgan fingerprint density at radius 1 is 1.16 bits per heavy atom. The number of benzene rings is 1. The van der Waals surface area contributed by atoms with Crippen LogP contribution in [0.4, 0.5) is 0 Å². The van der Waals surface area contributed by atoms with Crippen LogP contribution >= 0.6 is 0 Å². The number of nitrogens with two attached hydrogens (primary N) is 1. The third-order valence-corrected chi connectivity index (χ3v) is 5.04. The monoisotopic (exact) mass is 339 g/mol. The van der Waals surface area contributed by atoms with Crippen LogP contribution in [0.5, 0.6) is 5.75 Å². The molecule has 0 aliphatic heterocycles. The van der Waals surface area contributed by atoms with Gasteiger partial charge in [0, 0.05) is 23.9 Å². The topological polar surface area (TPSA) is 83.8 Å². The van der Waals surface area contributed by atoms with Crippen LogP contribution in [0.15, 0.2) is 35.0 Å². The van der Waals surface area contributed by atoms with E-state index in [1.165, 1.54) is 11.3 Å². The predicted octanol–water partition coefficient (Wildman–Crippen LogP) is 4.18.